The molecule has 1 amide bonds. The second-order valence-electron chi connectivity index (χ2n) is 6.17. The third-order valence-corrected chi connectivity index (χ3v) is 4.35. The molecule has 27 heavy (non-hydrogen) atoms. The van der Waals surface area contributed by atoms with Gasteiger partial charge in [-0.15, -0.1) is 0 Å². The normalized spacial score (nSPS) is 12.0. The molecule has 4 rings (SSSR count). The summed E-state index contributed by atoms with van der Waals surface area (Å²) in [5.74, 6) is 0.466. The third kappa shape index (κ3) is 2.71. The van der Waals surface area contributed by atoms with Gasteiger partial charge in [-0.1, -0.05) is 0 Å². The minimum Gasteiger partial charge on any atom is -0.303 e. The zero-order valence-electron chi connectivity index (χ0n) is 14.4. The lowest BCUT2D eigenvalue weighted by Crippen LogP contribution is -2.15. The summed E-state index contributed by atoms with van der Waals surface area (Å²) in [4.78, 5) is 16.9. The quantitative estimate of drug-likeness (QED) is 0.517. The second-order valence-corrected chi connectivity index (χ2v) is 6.17. The summed E-state index contributed by atoms with van der Waals surface area (Å²) in [6.07, 6.45) is -1.95. The average molecular weight is 373 g/mol. The Morgan fingerprint density at radius 2 is 1.81 bits per heavy atom. The number of carbonyl (C=O) groups is 1. The van der Waals surface area contributed by atoms with Crippen LogP contribution in [0.4, 0.5) is 19.0 Å². The number of carbonyl (C=O) groups excluding carboxylic acids is 1. The van der Waals surface area contributed by atoms with E-state index >= 15 is 0 Å². The Morgan fingerprint density at radius 3 is 2.44 bits per heavy atom. The molecule has 3 heterocycles. The van der Waals surface area contributed by atoms with Gasteiger partial charge in [0.05, 0.1) is 16.5 Å². The summed E-state index contributed by atoms with van der Waals surface area (Å²) in [6, 6.07) is 8.34. The smallest absolute Gasteiger partial charge is 0.303 e. The number of benzene rings is 1. The van der Waals surface area contributed by atoms with Gasteiger partial charge >= 0.3 is 6.18 Å². The molecule has 0 fully saturated rings. The van der Waals surface area contributed by atoms with Gasteiger partial charge in [-0.2, -0.15) is 18.3 Å². The van der Waals surface area contributed by atoms with Gasteiger partial charge in [-0.05, 0) is 36.4 Å². The number of fused-ring (bicyclic) bond motifs is 3. The molecule has 0 aliphatic heterocycles. The molecule has 0 radical (unpaired) electrons. The number of hydrogen-bond donors (Lipinski definition) is 0. The van der Waals surface area contributed by atoms with E-state index in [0.717, 1.165) is 17.5 Å². The zero-order valence-corrected chi connectivity index (χ0v) is 14.4. The van der Waals surface area contributed by atoms with Crippen LogP contribution in [0.1, 0.15) is 5.56 Å². The molecule has 1 aromatic carbocycles. The lowest BCUT2D eigenvalue weighted by atomic mass is 10.2. The number of pyridine rings is 1. The van der Waals surface area contributed by atoms with Crippen LogP contribution in [0.25, 0.3) is 27.8 Å². The Hall–Kier alpha value is -3.36. The molecule has 3 aromatic heterocycles. The van der Waals surface area contributed by atoms with Crippen molar-refractivity contribution < 1.29 is 18.0 Å². The van der Waals surface area contributed by atoms with E-state index in [4.69, 9.17) is 0 Å². The van der Waals surface area contributed by atoms with Crippen molar-refractivity contribution in [2.75, 3.05) is 11.9 Å². The minimum absolute atomic E-state index is 0.466. The highest BCUT2D eigenvalue weighted by molar-refractivity contribution is 6.06. The van der Waals surface area contributed by atoms with E-state index in [9.17, 15) is 18.0 Å². The van der Waals surface area contributed by atoms with Gasteiger partial charge in [-0.25, -0.2) is 4.98 Å². The van der Waals surface area contributed by atoms with Crippen LogP contribution < -0.4 is 4.90 Å². The van der Waals surface area contributed by atoms with Crippen LogP contribution in [0.5, 0.6) is 0 Å². The second kappa shape index (κ2) is 5.83. The summed E-state index contributed by atoms with van der Waals surface area (Å²) >= 11 is 0. The Kier molecular flexibility index (Phi) is 3.69. The first-order valence-electron chi connectivity index (χ1n) is 8.00. The summed E-state index contributed by atoms with van der Waals surface area (Å²) < 4.78 is 41.9. The van der Waals surface area contributed by atoms with Gasteiger partial charge in [0.25, 0.3) is 0 Å². The number of aromatic nitrogens is 4. The van der Waals surface area contributed by atoms with Crippen molar-refractivity contribution in [1.29, 1.82) is 0 Å². The first kappa shape index (κ1) is 17.1. The minimum atomic E-state index is -4.40. The summed E-state index contributed by atoms with van der Waals surface area (Å²) in [5, 5.41) is 5.17. The van der Waals surface area contributed by atoms with Crippen molar-refractivity contribution in [2.45, 2.75) is 6.18 Å². The average Bonchev–Trinajstić information content (AvgIpc) is 3.14. The van der Waals surface area contributed by atoms with Crippen LogP contribution in [-0.2, 0) is 18.0 Å². The highest BCUT2D eigenvalue weighted by Gasteiger charge is 2.30. The molecular formula is C18H14F3N5O. The molecule has 9 heteroatoms. The van der Waals surface area contributed by atoms with Crippen molar-refractivity contribution in [3.63, 3.8) is 0 Å². The molecule has 0 spiro atoms. The summed E-state index contributed by atoms with van der Waals surface area (Å²) in [7, 11) is 3.35. The highest BCUT2D eigenvalue weighted by atomic mass is 19.4. The molecule has 0 unspecified atom stereocenters. The zero-order chi connectivity index (χ0) is 19.3. The molecule has 6 nitrogen and oxygen atoms in total. The maximum atomic E-state index is 12.9. The van der Waals surface area contributed by atoms with E-state index in [1.807, 2.05) is 0 Å². The number of hydrogen-bond acceptors (Lipinski definition) is 3. The van der Waals surface area contributed by atoms with Crippen molar-refractivity contribution in [1.82, 2.24) is 19.3 Å². The van der Waals surface area contributed by atoms with E-state index < -0.39 is 11.7 Å². The van der Waals surface area contributed by atoms with Crippen LogP contribution in [0.2, 0.25) is 0 Å². The molecule has 0 aliphatic carbocycles. The number of halogens is 3. The summed E-state index contributed by atoms with van der Waals surface area (Å²) in [6.45, 7) is 0. The number of amides is 1. The Labute approximate surface area is 151 Å². The van der Waals surface area contributed by atoms with Gasteiger partial charge in [-0.3, -0.25) is 14.0 Å². The number of rotatable bonds is 3. The maximum Gasteiger partial charge on any atom is 0.416 e. The number of alkyl halides is 3. The van der Waals surface area contributed by atoms with E-state index in [0.29, 0.717) is 34.6 Å². The predicted octanol–water partition coefficient (Wildman–Crippen LogP) is 3.52. The predicted molar refractivity (Wildman–Crippen MR) is 94.8 cm³/mol. The summed E-state index contributed by atoms with van der Waals surface area (Å²) in [5.41, 5.74) is 1.71. The number of anilines is 1. The monoisotopic (exact) mass is 373 g/mol. The van der Waals surface area contributed by atoms with E-state index in [1.165, 1.54) is 17.0 Å². The van der Waals surface area contributed by atoms with E-state index in [-0.39, 0.29) is 0 Å². The lowest BCUT2D eigenvalue weighted by Gasteiger charge is -2.11. The molecule has 4 aromatic rings. The fourth-order valence-electron chi connectivity index (χ4n) is 3.05. The number of nitrogens with zero attached hydrogens (tertiary/aromatic N) is 5. The van der Waals surface area contributed by atoms with Crippen molar-refractivity contribution in [3.8, 4) is 5.69 Å². The molecule has 0 N–H and O–H groups in total. The molecule has 0 atom stereocenters. The Bertz CT molecular complexity index is 1160. The van der Waals surface area contributed by atoms with E-state index in [1.54, 1.807) is 41.7 Å². The van der Waals surface area contributed by atoms with Crippen LogP contribution in [-0.4, -0.2) is 32.8 Å². The lowest BCUT2D eigenvalue weighted by molar-refractivity contribution is -0.137. The van der Waals surface area contributed by atoms with Crippen molar-refractivity contribution in [2.24, 2.45) is 7.05 Å². The van der Waals surface area contributed by atoms with Gasteiger partial charge in [0.1, 0.15) is 11.3 Å². The van der Waals surface area contributed by atoms with Crippen LogP contribution >= 0.6 is 0 Å². The molecular weight excluding hydrogens is 359 g/mol. The maximum absolute atomic E-state index is 12.9. The van der Waals surface area contributed by atoms with Gasteiger partial charge < -0.3 is 4.90 Å². The van der Waals surface area contributed by atoms with Crippen molar-refractivity contribution >= 4 is 34.3 Å². The van der Waals surface area contributed by atoms with Crippen LogP contribution in [0.15, 0.2) is 42.6 Å². The molecule has 0 saturated carbocycles. The Morgan fingerprint density at radius 1 is 1.11 bits per heavy atom. The first-order chi connectivity index (χ1) is 12.8. The first-order valence-corrected chi connectivity index (χ1v) is 8.00. The van der Waals surface area contributed by atoms with Crippen molar-refractivity contribution in [3.05, 3.63) is 48.2 Å². The number of aryl methyl sites for hydroxylation is 1. The van der Waals surface area contributed by atoms with E-state index in [2.05, 4.69) is 10.1 Å². The van der Waals surface area contributed by atoms with Gasteiger partial charge in [0.2, 0.25) is 6.41 Å². The van der Waals surface area contributed by atoms with Gasteiger partial charge in [0.15, 0.2) is 5.65 Å². The standard InChI is InChI=1S/C18H14F3N5O/c1-24(10-27)15-8-7-14-16(22-15)13-9-25(2)23-17(13)26(14)12-5-3-11(4-6-12)18(19,20)21/h3-10H,1-2H3. The van der Waals surface area contributed by atoms with Crippen LogP contribution in [0, 0.1) is 0 Å². The van der Waals surface area contributed by atoms with Crippen LogP contribution in [0.3, 0.4) is 0 Å². The topological polar surface area (TPSA) is 56.0 Å². The fraction of sp³-hybridized carbons (Fsp3) is 0.167. The SMILES string of the molecule is CN(C=O)c1ccc2c(n1)c1cn(C)nc1n2-c1ccc(C(F)(F)F)cc1. The fourth-order valence-corrected chi connectivity index (χ4v) is 3.05. The Balaban J connectivity index is 1.97. The molecule has 0 aliphatic rings. The highest BCUT2D eigenvalue weighted by Crippen LogP contribution is 2.33. The van der Waals surface area contributed by atoms with Gasteiger partial charge in [0, 0.05) is 26.0 Å². The molecule has 0 bridgehead atoms. The third-order valence-electron chi connectivity index (χ3n) is 4.35. The molecule has 138 valence electrons. The largest absolute Gasteiger partial charge is 0.416 e. The molecule has 0 saturated heterocycles.